The number of rotatable bonds is 6. The van der Waals surface area contributed by atoms with Gasteiger partial charge in [-0.2, -0.15) is 0 Å². The second-order valence-corrected chi connectivity index (χ2v) is 3.37. The molecule has 0 atom stereocenters. The van der Waals surface area contributed by atoms with E-state index < -0.39 is 0 Å². The van der Waals surface area contributed by atoms with Crippen molar-refractivity contribution < 1.29 is 0 Å². The molecule has 0 aromatic carbocycles. The minimum atomic E-state index is 0.520. The van der Waals surface area contributed by atoms with E-state index in [2.05, 4.69) is 31.8 Å². The van der Waals surface area contributed by atoms with Crippen LogP contribution in [0.4, 0.5) is 0 Å². The largest absolute Gasteiger partial charge is 0.300 e. The van der Waals surface area contributed by atoms with Crippen LogP contribution in [0.3, 0.4) is 0 Å². The summed E-state index contributed by atoms with van der Waals surface area (Å²) in [6.45, 7) is 8.90. The van der Waals surface area contributed by atoms with Gasteiger partial charge in [-0.25, -0.2) is 0 Å². The topological polar surface area (TPSA) is 12.0 Å². The fraction of sp³-hybridized carbons (Fsp3) is 0.600. The molecule has 0 saturated carbocycles. The van der Waals surface area contributed by atoms with E-state index in [9.17, 15) is 0 Å². The minimum Gasteiger partial charge on any atom is -0.300 e. The van der Waals surface area contributed by atoms with Crippen LogP contribution in [0.1, 0.15) is 26.7 Å². The molecule has 0 rings (SSSR count). The van der Waals surface area contributed by atoms with Gasteiger partial charge >= 0.3 is 0 Å². The molecule has 1 nitrogen and oxygen atoms in total. The van der Waals surface area contributed by atoms with Crippen LogP contribution in [0, 0.1) is 0 Å². The number of halogens is 1. The molecule has 0 unspecified atom stereocenters. The molecule has 1 N–H and O–H groups in total. The molecule has 2 heteroatoms. The lowest BCUT2D eigenvalue weighted by atomic mass is 10.1. The van der Waals surface area contributed by atoms with E-state index in [-0.39, 0.29) is 0 Å². The van der Waals surface area contributed by atoms with Gasteiger partial charge < -0.3 is 5.32 Å². The summed E-state index contributed by atoms with van der Waals surface area (Å²) in [5.41, 5.74) is 2.58. The molecule has 0 bridgehead atoms. The Labute approximate surface area is 80.5 Å². The van der Waals surface area contributed by atoms with Crippen molar-refractivity contribution in [1.82, 2.24) is 5.32 Å². The van der Waals surface area contributed by atoms with Gasteiger partial charge in [0.15, 0.2) is 0 Å². The Morgan fingerprint density at radius 3 is 2.67 bits per heavy atom. The van der Waals surface area contributed by atoms with E-state index in [0.717, 1.165) is 19.4 Å². The smallest absolute Gasteiger partial charge is 0.0715 e. The Morgan fingerprint density at radius 1 is 1.50 bits per heavy atom. The van der Waals surface area contributed by atoms with Gasteiger partial charge in [0, 0.05) is 6.54 Å². The first-order valence-electron chi connectivity index (χ1n) is 4.23. The number of hydrogen-bond acceptors (Lipinski definition) is 1. The van der Waals surface area contributed by atoms with E-state index in [1.807, 2.05) is 0 Å². The van der Waals surface area contributed by atoms with Gasteiger partial charge in [0.05, 0.1) is 6.00 Å². The minimum absolute atomic E-state index is 0.520. The summed E-state index contributed by atoms with van der Waals surface area (Å²) in [5.74, 6) is 0. The molecule has 0 aromatic heterocycles. The van der Waals surface area contributed by atoms with Crippen LogP contribution < -0.4 is 5.32 Å². The quantitative estimate of drug-likeness (QED) is 0.383. The van der Waals surface area contributed by atoms with Crippen molar-refractivity contribution in [2.75, 3.05) is 12.5 Å². The maximum Gasteiger partial charge on any atom is 0.0715 e. The summed E-state index contributed by atoms with van der Waals surface area (Å²) in [4.78, 5) is 0. The first-order valence-corrected chi connectivity index (χ1v) is 4.77. The molecule has 0 fully saturated rings. The van der Waals surface area contributed by atoms with Crippen molar-refractivity contribution in [3.63, 3.8) is 0 Å². The van der Waals surface area contributed by atoms with Crippen LogP contribution >= 0.6 is 11.6 Å². The Bertz CT molecular complexity index is 161. The average Bonchev–Trinajstić information content (AvgIpc) is 2.00. The lowest BCUT2D eigenvalue weighted by Gasteiger charge is -2.00. The summed E-state index contributed by atoms with van der Waals surface area (Å²) in [7, 11) is 0. The summed E-state index contributed by atoms with van der Waals surface area (Å²) in [5, 5.41) is 3.06. The van der Waals surface area contributed by atoms with E-state index in [4.69, 9.17) is 11.6 Å². The predicted octanol–water partition coefficient (Wildman–Crippen LogP) is 3.07. The van der Waals surface area contributed by atoms with Gasteiger partial charge in [0.2, 0.25) is 0 Å². The monoisotopic (exact) mass is 187 g/mol. The van der Waals surface area contributed by atoms with Gasteiger partial charge in [-0.05, 0) is 26.7 Å². The summed E-state index contributed by atoms with van der Waals surface area (Å²) in [6.07, 6.45) is 4.40. The number of nitrogens with one attached hydrogen (secondary N) is 1. The Hall–Kier alpha value is -0.270. The zero-order valence-corrected chi connectivity index (χ0v) is 8.75. The molecule has 12 heavy (non-hydrogen) atoms. The third kappa shape index (κ3) is 7.83. The van der Waals surface area contributed by atoms with Gasteiger partial charge in [-0.3, -0.25) is 0 Å². The highest BCUT2D eigenvalue weighted by molar-refractivity contribution is 6.17. The number of alkyl halides is 1. The predicted molar refractivity (Wildman–Crippen MR) is 56.5 cm³/mol. The Balaban J connectivity index is 3.47. The summed E-state index contributed by atoms with van der Waals surface area (Å²) in [6, 6.07) is 0.520. The van der Waals surface area contributed by atoms with Crippen LogP contribution in [-0.2, 0) is 0 Å². The van der Waals surface area contributed by atoms with Gasteiger partial charge in [-0.1, -0.05) is 17.2 Å². The number of hydrogen-bond donors (Lipinski definition) is 1. The first kappa shape index (κ1) is 11.7. The van der Waals surface area contributed by atoms with E-state index in [1.165, 1.54) is 11.1 Å². The zero-order valence-electron chi connectivity index (χ0n) is 7.99. The van der Waals surface area contributed by atoms with Crippen molar-refractivity contribution in [2.45, 2.75) is 26.7 Å². The summed E-state index contributed by atoms with van der Waals surface area (Å²) >= 11 is 5.48. The van der Waals surface area contributed by atoms with E-state index in [0.29, 0.717) is 6.00 Å². The molecular formula is C10H18ClN. The highest BCUT2D eigenvalue weighted by Gasteiger charge is 1.88. The standard InChI is InChI=1S/C10H18ClN/c1-9(2)5-4-6-10(3)7-12-8-11/h6,12H,1,4-5,7-8H2,2-3H3/b10-6+. The third-order valence-electron chi connectivity index (χ3n) is 1.56. The van der Waals surface area contributed by atoms with Crippen molar-refractivity contribution in [3.05, 3.63) is 23.8 Å². The van der Waals surface area contributed by atoms with Crippen molar-refractivity contribution >= 4 is 11.6 Å². The molecule has 0 heterocycles. The molecular weight excluding hydrogens is 170 g/mol. The fourth-order valence-corrected chi connectivity index (χ4v) is 0.976. The molecule has 0 spiro atoms. The highest BCUT2D eigenvalue weighted by Crippen LogP contribution is 2.03. The van der Waals surface area contributed by atoms with Gasteiger partial charge in [0.25, 0.3) is 0 Å². The van der Waals surface area contributed by atoms with Crippen molar-refractivity contribution in [3.8, 4) is 0 Å². The van der Waals surface area contributed by atoms with Crippen LogP contribution in [-0.4, -0.2) is 12.5 Å². The molecule has 0 aromatic rings. The van der Waals surface area contributed by atoms with E-state index >= 15 is 0 Å². The zero-order chi connectivity index (χ0) is 9.40. The van der Waals surface area contributed by atoms with E-state index in [1.54, 1.807) is 0 Å². The van der Waals surface area contributed by atoms with Crippen LogP contribution in [0.15, 0.2) is 23.8 Å². The highest BCUT2D eigenvalue weighted by atomic mass is 35.5. The average molecular weight is 188 g/mol. The maximum absolute atomic E-state index is 5.48. The maximum atomic E-state index is 5.48. The molecule has 0 radical (unpaired) electrons. The molecule has 70 valence electrons. The van der Waals surface area contributed by atoms with Crippen LogP contribution in [0.2, 0.25) is 0 Å². The molecule has 0 aliphatic heterocycles. The molecule has 0 amide bonds. The van der Waals surface area contributed by atoms with Crippen molar-refractivity contribution in [1.29, 1.82) is 0 Å². The lowest BCUT2D eigenvalue weighted by Crippen LogP contribution is -2.13. The second-order valence-electron chi connectivity index (χ2n) is 3.11. The summed E-state index contributed by atoms with van der Waals surface area (Å²) < 4.78 is 0. The fourth-order valence-electron chi connectivity index (χ4n) is 0.882. The second kappa shape index (κ2) is 7.38. The normalized spacial score (nSPS) is 11.8. The molecule has 0 aliphatic carbocycles. The lowest BCUT2D eigenvalue weighted by molar-refractivity contribution is 0.840. The van der Waals surface area contributed by atoms with Crippen LogP contribution in [0.5, 0.6) is 0 Å². The van der Waals surface area contributed by atoms with Gasteiger partial charge in [-0.15, -0.1) is 18.2 Å². The van der Waals surface area contributed by atoms with Crippen molar-refractivity contribution in [2.24, 2.45) is 0 Å². The SMILES string of the molecule is C=C(C)CC/C=C(\C)CNCCl. The third-order valence-corrected chi connectivity index (χ3v) is 1.75. The molecule has 0 aliphatic rings. The molecule has 0 saturated heterocycles. The first-order chi connectivity index (χ1) is 5.66. The van der Waals surface area contributed by atoms with Gasteiger partial charge in [0.1, 0.15) is 0 Å². The number of allylic oxidation sites excluding steroid dienone is 2. The van der Waals surface area contributed by atoms with Crippen LogP contribution in [0.25, 0.3) is 0 Å². The Morgan fingerprint density at radius 2 is 2.17 bits per heavy atom. The Kier molecular flexibility index (Phi) is 7.22.